The van der Waals surface area contributed by atoms with Crippen LogP contribution in [0.1, 0.15) is 1.43 Å². The van der Waals surface area contributed by atoms with Crippen molar-refractivity contribution >= 4 is 33.1 Å². The van der Waals surface area contributed by atoms with Crippen molar-refractivity contribution in [2.24, 2.45) is 10.2 Å². The summed E-state index contributed by atoms with van der Waals surface area (Å²) in [4.78, 5) is -0.816. The van der Waals surface area contributed by atoms with Crippen molar-refractivity contribution in [1.29, 1.82) is 0 Å². The zero-order valence-electron chi connectivity index (χ0n) is 12.7. The Hall–Kier alpha value is -1.36. The average Bonchev–Trinajstić information content (AvgIpc) is 2.39. The molecule has 0 aliphatic carbocycles. The van der Waals surface area contributed by atoms with Gasteiger partial charge in [-0.15, -0.1) is 10.2 Å². The summed E-state index contributed by atoms with van der Waals surface area (Å²) < 4.78 is 31.2. The van der Waals surface area contributed by atoms with Gasteiger partial charge in [-0.1, -0.05) is 11.6 Å². The molecule has 8 nitrogen and oxygen atoms in total. The molecule has 0 saturated heterocycles. The fourth-order valence-corrected chi connectivity index (χ4v) is 2.44. The van der Waals surface area contributed by atoms with Crippen molar-refractivity contribution in [2.45, 2.75) is 4.90 Å². The second kappa shape index (κ2) is 7.47. The maximum absolute atomic E-state index is 11.1. The normalized spacial score (nSPS) is 11.4. The Morgan fingerprint density at radius 3 is 2.17 bits per heavy atom. The second-order valence-corrected chi connectivity index (χ2v) is 5.95. The van der Waals surface area contributed by atoms with Gasteiger partial charge in [0.2, 0.25) is 0 Å². The van der Waals surface area contributed by atoms with Gasteiger partial charge in [-0.05, 0) is 24.3 Å². The van der Waals surface area contributed by atoms with Gasteiger partial charge in [0.15, 0.2) is 5.75 Å². The molecular formula is C12H10ClN2NaO6S. The third-order valence-corrected chi connectivity index (χ3v) is 3.61. The van der Waals surface area contributed by atoms with Crippen molar-refractivity contribution in [1.82, 2.24) is 0 Å². The summed E-state index contributed by atoms with van der Waals surface area (Å²) >= 11 is 5.69. The van der Waals surface area contributed by atoms with Crippen LogP contribution in [0.5, 0.6) is 17.2 Å². The van der Waals surface area contributed by atoms with Crippen molar-refractivity contribution in [2.75, 3.05) is 0 Å². The molecule has 2 aromatic carbocycles. The van der Waals surface area contributed by atoms with Crippen LogP contribution in [-0.2, 0) is 10.1 Å². The minimum absolute atomic E-state index is 0. The number of phenols is 3. The average molecular weight is 369 g/mol. The minimum Gasteiger partial charge on any atom is -1.00 e. The molecule has 2 rings (SSSR count). The Morgan fingerprint density at radius 1 is 1.00 bits per heavy atom. The van der Waals surface area contributed by atoms with Gasteiger partial charge in [-0.2, -0.15) is 8.42 Å². The standard InChI is InChI=1S/C12H9ClN2O6S.Na.H/c13-6-3-9(12(18)11(4-6)22(19,20)21)15-14-8-2-1-7(16)5-10(8)17;;/h1-5,16-18H,(H,19,20,21);;/q;+1;-1. The third-order valence-electron chi connectivity index (χ3n) is 2.52. The zero-order chi connectivity index (χ0) is 16.5. The van der Waals surface area contributed by atoms with Crippen molar-refractivity contribution < 1.29 is 59.3 Å². The smallest absolute Gasteiger partial charge is 1.00 e. The number of benzene rings is 2. The molecule has 0 unspecified atom stereocenters. The Morgan fingerprint density at radius 2 is 1.61 bits per heavy atom. The van der Waals surface area contributed by atoms with Gasteiger partial charge in [0.05, 0.1) is 0 Å². The number of nitrogens with zero attached hydrogens (tertiary/aromatic N) is 2. The van der Waals surface area contributed by atoms with Crippen LogP contribution in [0.2, 0.25) is 5.02 Å². The van der Waals surface area contributed by atoms with E-state index in [4.69, 9.17) is 21.3 Å². The molecule has 0 heterocycles. The van der Waals surface area contributed by atoms with Crippen LogP contribution in [0.25, 0.3) is 0 Å². The van der Waals surface area contributed by atoms with Crippen LogP contribution in [0.3, 0.4) is 0 Å². The molecule has 0 radical (unpaired) electrons. The Bertz CT molecular complexity index is 878. The van der Waals surface area contributed by atoms with Crippen molar-refractivity contribution in [3.63, 3.8) is 0 Å². The quantitative estimate of drug-likeness (QED) is 0.347. The minimum atomic E-state index is -4.69. The van der Waals surface area contributed by atoms with E-state index in [9.17, 15) is 18.6 Å². The summed E-state index contributed by atoms with van der Waals surface area (Å²) in [6.45, 7) is 0. The van der Waals surface area contributed by atoms with Gasteiger partial charge in [0.1, 0.15) is 27.8 Å². The molecule has 118 valence electrons. The van der Waals surface area contributed by atoms with Gasteiger partial charge < -0.3 is 16.7 Å². The van der Waals surface area contributed by atoms with Crippen LogP contribution in [0.4, 0.5) is 11.4 Å². The molecule has 4 N–H and O–H groups in total. The van der Waals surface area contributed by atoms with Crippen molar-refractivity contribution in [3.05, 3.63) is 35.4 Å². The van der Waals surface area contributed by atoms with E-state index < -0.39 is 20.8 Å². The van der Waals surface area contributed by atoms with E-state index in [-0.39, 0.29) is 58.9 Å². The molecule has 11 heteroatoms. The summed E-state index contributed by atoms with van der Waals surface area (Å²) in [6.07, 6.45) is 0. The first-order valence-electron chi connectivity index (χ1n) is 5.62. The third kappa shape index (κ3) is 4.80. The predicted octanol–water partition coefficient (Wildman–Crippen LogP) is 0.235. The number of rotatable bonds is 3. The molecule has 0 bridgehead atoms. The topological polar surface area (TPSA) is 140 Å². The Kier molecular flexibility index (Phi) is 6.40. The van der Waals surface area contributed by atoms with Gasteiger partial charge >= 0.3 is 29.6 Å². The molecule has 0 fully saturated rings. The van der Waals surface area contributed by atoms with Gasteiger partial charge in [0, 0.05) is 11.1 Å². The summed E-state index contributed by atoms with van der Waals surface area (Å²) in [6, 6.07) is 5.49. The summed E-state index contributed by atoms with van der Waals surface area (Å²) in [5, 5.41) is 35.6. The first kappa shape index (κ1) is 19.7. The van der Waals surface area contributed by atoms with E-state index in [1.165, 1.54) is 12.1 Å². The van der Waals surface area contributed by atoms with Crippen LogP contribution in [0.15, 0.2) is 45.5 Å². The molecule has 0 aliphatic heterocycles. The van der Waals surface area contributed by atoms with Gasteiger partial charge in [-0.3, -0.25) is 4.55 Å². The van der Waals surface area contributed by atoms with Crippen LogP contribution >= 0.6 is 11.6 Å². The maximum atomic E-state index is 11.1. The number of hydrogen-bond donors (Lipinski definition) is 4. The van der Waals surface area contributed by atoms with E-state index in [1.807, 2.05) is 0 Å². The summed E-state index contributed by atoms with van der Waals surface area (Å²) in [7, 11) is -4.69. The fraction of sp³-hybridized carbons (Fsp3) is 0. The molecule has 0 spiro atoms. The second-order valence-electron chi connectivity index (χ2n) is 4.12. The van der Waals surface area contributed by atoms with E-state index in [0.717, 1.165) is 18.2 Å². The largest absolute Gasteiger partial charge is 1.00 e. The van der Waals surface area contributed by atoms with Gasteiger partial charge in [0.25, 0.3) is 10.1 Å². The summed E-state index contributed by atoms with van der Waals surface area (Å²) in [5.41, 5.74) is -0.363. The molecule has 0 aliphatic rings. The molecular weight excluding hydrogens is 359 g/mol. The number of aromatic hydroxyl groups is 3. The predicted molar refractivity (Wildman–Crippen MR) is 78.0 cm³/mol. The summed E-state index contributed by atoms with van der Waals surface area (Å²) in [5.74, 6) is -1.40. The van der Waals surface area contributed by atoms with E-state index in [2.05, 4.69) is 10.2 Å². The maximum Gasteiger partial charge on any atom is 1.00 e. The molecule has 23 heavy (non-hydrogen) atoms. The van der Waals surface area contributed by atoms with Gasteiger partial charge in [-0.25, -0.2) is 0 Å². The molecule has 0 atom stereocenters. The van der Waals surface area contributed by atoms with Crippen LogP contribution < -0.4 is 29.6 Å². The number of azo groups is 1. The van der Waals surface area contributed by atoms with E-state index in [0.29, 0.717) is 0 Å². The number of halogens is 1. The van der Waals surface area contributed by atoms with E-state index >= 15 is 0 Å². The first-order chi connectivity index (χ1) is 10.2. The first-order valence-corrected chi connectivity index (χ1v) is 7.44. The monoisotopic (exact) mass is 368 g/mol. The SMILES string of the molecule is O=S(=O)(O)c1cc(Cl)cc(N=Nc2ccc(O)cc2O)c1O.[H-].[Na+]. The van der Waals surface area contributed by atoms with Crippen molar-refractivity contribution in [3.8, 4) is 17.2 Å². The number of hydrogen-bond acceptors (Lipinski definition) is 7. The van der Waals surface area contributed by atoms with Crippen LogP contribution in [0, 0.1) is 0 Å². The fourth-order valence-electron chi connectivity index (χ4n) is 1.54. The van der Waals surface area contributed by atoms with E-state index in [1.54, 1.807) is 0 Å². The molecule has 0 aromatic heterocycles. The molecule has 0 saturated carbocycles. The molecule has 2 aromatic rings. The van der Waals surface area contributed by atoms with Crippen LogP contribution in [-0.4, -0.2) is 28.3 Å². The number of phenolic OH excluding ortho intramolecular Hbond substituents is 3. The zero-order valence-corrected chi connectivity index (χ0v) is 15.2. The molecule has 0 amide bonds. The Balaban J connectivity index is 0.00000264. The Labute approximate surface area is 159 Å².